The molecule has 0 heterocycles. The Bertz CT molecular complexity index is 391. The SMILES string of the molecule is CCN(CC(=O)NC)Cc1cccc(C)c1O. The molecule has 0 saturated heterocycles. The van der Waals surface area contributed by atoms with Crippen molar-refractivity contribution in [1.29, 1.82) is 0 Å². The minimum atomic E-state index is -0.0148. The van der Waals surface area contributed by atoms with Crippen LogP contribution in [-0.4, -0.2) is 36.1 Å². The predicted octanol–water partition coefficient (Wildman–Crippen LogP) is 1.27. The molecule has 0 saturated carbocycles. The van der Waals surface area contributed by atoms with Crippen LogP contribution in [-0.2, 0) is 11.3 Å². The van der Waals surface area contributed by atoms with Crippen molar-refractivity contribution in [3.63, 3.8) is 0 Å². The lowest BCUT2D eigenvalue weighted by atomic mass is 10.1. The number of likely N-dealkylation sites (N-methyl/N-ethyl adjacent to an activating group) is 2. The van der Waals surface area contributed by atoms with Crippen LogP contribution < -0.4 is 5.32 Å². The van der Waals surface area contributed by atoms with E-state index in [-0.39, 0.29) is 5.91 Å². The number of para-hydroxylation sites is 1. The maximum atomic E-state index is 11.3. The summed E-state index contributed by atoms with van der Waals surface area (Å²) >= 11 is 0. The van der Waals surface area contributed by atoms with Crippen LogP contribution >= 0.6 is 0 Å². The van der Waals surface area contributed by atoms with E-state index in [1.54, 1.807) is 7.05 Å². The summed E-state index contributed by atoms with van der Waals surface area (Å²) in [5.74, 6) is 0.307. The number of rotatable bonds is 5. The largest absolute Gasteiger partial charge is 0.507 e. The molecule has 0 spiro atoms. The summed E-state index contributed by atoms with van der Waals surface area (Å²) in [5, 5.41) is 12.5. The Hall–Kier alpha value is -1.55. The van der Waals surface area contributed by atoms with Gasteiger partial charge in [-0.05, 0) is 19.0 Å². The molecule has 17 heavy (non-hydrogen) atoms. The van der Waals surface area contributed by atoms with Crippen LogP contribution in [0.1, 0.15) is 18.1 Å². The number of amides is 1. The number of carbonyl (C=O) groups excluding carboxylic acids is 1. The molecule has 0 aliphatic rings. The maximum absolute atomic E-state index is 11.3. The van der Waals surface area contributed by atoms with E-state index >= 15 is 0 Å². The molecule has 0 aliphatic carbocycles. The number of nitrogens with one attached hydrogen (secondary N) is 1. The Morgan fingerprint density at radius 2 is 2.18 bits per heavy atom. The van der Waals surface area contributed by atoms with Gasteiger partial charge < -0.3 is 10.4 Å². The monoisotopic (exact) mass is 236 g/mol. The summed E-state index contributed by atoms with van der Waals surface area (Å²) in [6, 6.07) is 5.67. The lowest BCUT2D eigenvalue weighted by Gasteiger charge is -2.20. The van der Waals surface area contributed by atoms with Crippen LogP contribution in [0.3, 0.4) is 0 Å². The molecule has 0 aromatic heterocycles. The summed E-state index contributed by atoms with van der Waals surface area (Å²) in [4.78, 5) is 13.3. The normalized spacial score (nSPS) is 10.6. The average Bonchev–Trinajstić information content (AvgIpc) is 2.33. The molecular weight excluding hydrogens is 216 g/mol. The van der Waals surface area contributed by atoms with Crippen molar-refractivity contribution >= 4 is 5.91 Å². The highest BCUT2D eigenvalue weighted by Gasteiger charge is 2.11. The first-order valence-corrected chi connectivity index (χ1v) is 5.78. The quantitative estimate of drug-likeness (QED) is 0.809. The van der Waals surface area contributed by atoms with Gasteiger partial charge in [-0.1, -0.05) is 25.1 Å². The second-order valence-electron chi connectivity index (χ2n) is 4.06. The lowest BCUT2D eigenvalue weighted by Crippen LogP contribution is -2.35. The number of hydrogen-bond acceptors (Lipinski definition) is 3. The van der Waals surface area contributed by atoms with Crippen molar-refractivity contribution in [1.82, 2.24) is 10.2 Å². The Morgan fingerprint density at radius 3 is 2.76 bits per heavy atom. The summed E-state index contributed by atoms with van der Waals surface area (Å²) in [5.41, 5.74) is 1.72. The second kappa shape index (κ2) is 6.25. The molecule has 0 atom stereocenters. The first-order chi connectivity index (χ1) is 8.08. The molecule has 0 unspecified atom stereocenters. The van der Waals surface area contributed by atoms with Crippen LogP contribution in [0.2, 0.25) is 0 Å². The summed E-state index contributed by atoms with van der Waals surface area (Å²) < 4.78 is 0. The topological polar surface area (TPSA) is 52.6 Å². The van der Waals surface area contributed by atoms with Gasteiger partial charge in [-0.15, -0.1) is 0 Å². The Labute approximate surface area is 102 Å². The molecule has 0 fully saturated rings. The lowest BCUT2D eigenvalue weighted by molar-refractivity contribution is -0.121. The van der Waals surface area contributed by atoms with Gasteiger partial charge in [-0.25, -0.2) is 0 Å². The Morgan fingerprint density at radius 1 is 1.47 bits per heavy atom. The molecule has 0 aliphatic heterocycles. The second-order valence-corrected chi connectivity index (χ2v) is 4.06. The highest BCUT2D eigenvalue weighted by Crippen LogP contribution is 2.22. The molecule has 4 nitrogen and oxygen atoms in total. The van der Waals surface area contributed by atoms with E-state index in [0.717, 1.165) is 17.7 Å². The highest BCUT2D eigenvalue weighted by molar-refractivity contribution is 5.77. The third kappa shape index (κ3) is 3.75. The minimum Gasteiger partial charge on any atom is -0.507 e. The van der Waals surface area contributed by atoms with Gasteiger partial charge in [0, 0.05) is 19.2 Å². The molecule has 94 valence electrons. The average molecular weight is 236 g/mol. The van der Waals surface area contributed by atoms with E-state index in [4.69, 9.17) is 0 Å². The van der Waals surface area contributed by atoms with Crippen LogP contribution in [0.25, 0.3) is 0 Å². The third-order valence-electron chi connectivity index (χ3n) is 2.81. The first kappa shape index (κ1) is 13.5. The summed E-state index contributed by atoms with van der Waals surface area (Å²) in [6.07, 6.45) is 0. The van der Waals surface area contributed by atoms with Crippen molar-refractivity contribution in [2.24, 2.45) is 0 Å². The van der Waals surface area contributed by atoms with Crippen molar-refractivity contribution < 1.29 is 9.90 Å². The van der Waals surface area contributed by atoms with Crippen LogP contribution in [0.4, 0.5) is 0 Å². The van der Waals surface area contributed by atoms with Gasteiger partial charge in [0.2, 0.25) is 5.91 Å². The number of benzene rings is 1. The number of hydrogen-bond donors (Lipinski definition) is 2. The van der Waals surface area contributed by atoms with Gasteiger partial charge >= 0.3 is 0 Å². The number of phenols is 1. The zero-order valence-corrected chi connectivity index (χ0v) is 10.7. The molecule has 4 heteroatoms. The van der Waals surface area contributed by atoms with E-state index in [1.807, 2.05) is 36.9 Å². The molecule has 0 bridgehead atoms. The van der Waals surface area contributed by atoms with Crippen LogP contribution in [0.5, 0.6) is 5.75 Å². The number of phenolic OH excluding ortho intramolecular Hbond substituents is 1. The minimum absolute atomic E-state index is 0.0148. The van der Waals surface area contributed by atoms with Gasteiger partial charge in [-0.3, -0.25) is 9.69 Å². The summed E-state index contributed by atoms with van der Waals surface area (Å²) in [6.45, 7) is 5.56. The number of nitrogens with zero attached hydrogens (tertiary/aromatic N) is 1. The van der Waals surface area contributed by atoms with E-state index in [9.17, 15) is 9.90 Å². The number of aryl methyl sites for hydroxylation is 1. The highest BCUT2D eigenvalue weighted by atomic mass is 16.3. The van der Waals surface area contributed by atoms with Gasteiger partial charge in [0.25, 0.3) is 0 Å². The Balaban J connectivity index is 2.73. The summed E-state index contributed by atoms with van der Waals surface area (Å²) in [7, 11) is 1.63. The molecule has 2 N–H and O–H groups in total. The van der Waals surface area contributed by atoms with Gasteiger partial charge in [0.1, 0.15) is 5.75 Å². The van der Waals surface area contributed by atoms with Crippen molar-refractivity contribution in [3.8, 4) is 5.75 Å². The first-order valence-electron chi connectivity index (χ1n) is 5.78. The molecule has 1 aromatic carbocycles. The third-order valence-corrected chi connectivity index (χ3v) is 2.81. The fourth-order valence-corrected chi connectivity index (χ4v) is 1.65. The molecule has 0 radical (unpaired) electrons. The molecule has 1 aromatic rings. The van der Waals surface area contributed by atoms with Crippen LogP contribution in [0.15, 0.2) is 18.2 Å². The fraction of sp³-hybridized carbons (Fsp3) is 0.462. The number of aromatic hydroxyl groups is 1. The van der Waals surface area contributed by atoms with E-state index in [2.05, 4.69) is 5.32 Å². The standard InChI is InChI=1S/C13H20N2O2/c1-4-15(9-12(16)14-3)8-11-7-5-6-10(2)13(11)17/h5-7,17H,4,8-9H2,1-3H3,(H,14,16). The molecule has 1 rings (SSSR count). The Kier molecular flexibility index (Phi) is 4.97. The van der Waals surface area contributed by atoms with E-state index < -0.39 is 0 Å². The predicted molar refractivity (Wildman–Crippen MR) is 67.9 cm³/mol. The number of carbonyl (C=O) groups is 1. The van der Waals surface area contributed by atoms with E-state index in [1.165, 1.54) is 0 Å². The zero-order valence-electron chi connectivity index (χ0n) is 10.7. The zero-order chi connectivity index (χ0) is 12.8. The van der Waals surface area contributed by atoms with Gasteiger partial charge in [0.05, 0.1) is 6.54 Å². The molecular formula is C13H20N2O2. The smallest absolute Gasteiger partial charge is 0.233 e. The maximum Gasteiger partial charge on any atom is 0.233 e. The fourth-order valence-electron chi connectivity index (χ4n) is 1.65. The van der Waals surface area contributed by atoms with Crippen molar-refractivity contribution in [2.75, 3.05) is 20.1 Å². The van der Waals surface area contributed by atoms with Gasteiger partial charge in [-0.2, -0.15) is 0 Å². The van der Waals surface area contributed by atoms with Crippen molar-refractivity contribution in [3.05, 3.63) is 29.3 Å². The van der Waals surface area contributed by atoms with Crippen LogP contribution in [0, 0.1) is 6.92 Å². The van der Waals surface area contributed by atoms with E-state index in [0.29, 0.717) is 18.8 Å². The van der Waals surface area contributed by atoms with Gasteiger partial charge in [0.15, 0.2) is 0 Å². The molecule has 1 amide bonds. The van der Waals surface area contributed by atoms with Crippen molar-refractivity contribution in [2.45, 2.75) is 20.4 Å².